The van der Waals surface area contributed by atoms with Crippen molar-refractivity contribution >= 4 is 27.6 Å². The van der Waals surface area contributed by atoms with E-state index in [1.54, 1.807) is 0 Å². The number of aliphatic hydroxyl groups is 2. The number of rotatable bonds is 9. The summed E-state index contributed by atoms with van der Waals surface area (Å²) in [7, 11) is -4.02. The molecule has 0 unspecified atom stereocenters. The summed E-state index contributed by atoms with van der Waals surface area (Å²) in [6.07, 6.45) is 0. The lowest BCUT2D eigenvalue weighted by molar-refractivity contribution is -0.255. The van der Waals surface area contributed by atoms with Crippen molar-refractivity contribution in [2.45, 2.75) is 4.90 Å². The Labute approximate surface area is 161 Å². The van der Waals surface area contributed by atoms with Gasteiger partial charge in [0.05, 0.1) is 24.1 Å². The van der Waals surface area contributed by atoms with Gasteiger partial charge in [0.1, 0.15) is 0 Å². The molecule has 28 heavy (non-hydrogen) atoms. The third kappa shape index (κ3) is 5.14. The summed E-state index contributed by atoms with van der Waals surface area (Å²) in [5.74, 6) is -2.03. The number of aromatic carboxylic acids is 1. The molecule has 0 aliphatic heterocycles. The predicted molar refractivity (Wildman–Crippen MR) is 98.1 cm³/mol. The maximum absolute atomic E-state index is 12.7. The second-order valence-corrected chi connectivity index (χ2v) is 7.64. The van der Waals surface area contributed by atoms with Crippen LogP contribution in [0.1, 0.15) is 20.7 Å². The van der Waals surface area contributed by atoms with Crippen LogP contribution in [0.15, 0.2) is 53.4 Å². The van der Waals surface area contributed by atoms with E-state index in [0.29, 0.717) is 0 Å². The van der Waals surface area contributed by atoms with Gasteiger partial charge in [-0.3, -0.25) is 4.79 Å². The Kier molecular flexibility index (Phi) is 7.24. The van der Waals surface area contributed by atoms with Crippen LogP contribution in [0.3, 0.4) is 0 Å². The minimum atomic E-state index is -4.02. The van der Waals surface area contributed by atoms with Gasteiger partial charge in [0.15, 0.2) is 0 Å². The summed E-state index contributed by atoms with van der Waals surface area (Å²) >= 11 is 0. The molecule has 0 aliphatic rings. The number of carboxylic acid groups (broad SMARTS) is 1. The Morgan fingerprint density at radius 3 is 2.18 bits per heavy atom. The number of anilines is 1. The molecule has 0 spiro atoms. The fraction of sp³-hybridized carbons (Fsp3) is 0.222. The molecule has 0 aliphatic carbocycles. The standard InChI is InChI=1S/C18H20N2O7S/c21-9-7-20(8-10-22)28(26,27)16-6-2-3-13(12-16)17(23)19-15-5-1-4-14(11-15)18(24)25/h1-6,11-12,21-22H,7-10H2,(H,19,23)(H,24,25)/p-1. The van der Waals surface area contributed by atoms with Crippen LogP contribution in [0, 0.1) is 0 Å². The third-order valence-corrected chi connectivity index (χ3v) is 5.68. The largest absolute Gasteiger partial charge is 0.545 e. The average molecular weight is 407 g/mol. The number of carboxylic acids is 1. The lowest BCUT2D eigenvalue weighted by Crippen LogP contribution is -2.36. The SMILES string of the molecule is O=C([O-])c1cccc(NC(=O)c2cccc(S(=O)(=O)N(CCO)CCO)c2)c1. The first kappa shape index (κ1) is 21.5. The van der Waals surface area contributed by atoms with Crippen LogP contribution >= 0.6 is 0 Å². The van der Waals surface area contributed by atoms with Crippen molar-refractivity contribution in [1.29, 1.82) is 0 Å². The predicted octanol–water partition coefficient (Wildman–Crippen LogP) is -0.722. The van der Waals surface area contributed by atoms with Gasteiger partial charge in [-0.2, -0.15) is 4.31 Å². The van der Waals surface area contributed by atoms with E-state index in [1.165, 1.54) is 42.5 Å². The number of hydrogen-bond donors (Lipinski definition) is 3. The summed E-state index contributed by atoms with van der Waals surface area (Å²) in [6.45, 7) is -1.24. The highest BCUT2D eigenvalue weighted by Gasteiger charge is 2.24. The van der Waals surface area contributed by atoms with Crippen molar-refractivity contribution in [2.24, 2.45) is 0 Å². The average Bonchev–Trinajstić information content (AvgIpc) is 2.68. The first-order valence-corrected chi connectivity index (χ1v) is 9.68. The molecule has 9 nitrogen and oxygen atoms in total. The summed E-state index contributed by atoms with van der Waals surface area (Å²) < 4.78 is 26.2. The molecule has 2 rings (SSSR count). The Morgan fingerprint density at radius 1 is 0.964 bits per heavy atom. The lowest BCUT2D eigenvalue weighted by atomic mass is 10.2. The van der Waals surface area contributed by atoms with Crippen LogP contribution in [-0.4, -0.2) is 61.1 Å². The van der Waals surface area contributed by atoms with E-state index in [4.69, 9.17) is 10.2 Å². The van der Waals surface area contributed by atoms with Gasteiger partial charge in [0.2, 0.25) is 10.0 Å². The van der Waals surface area contributed by atoms with Gasteiger partial charge in [-0.1, -0.05) is 18.2 Å². The Balaban J connectivity index is 2.28. The van der Waals surface area contributed by atoms with Crippen LogP contribution in [0.25, 0.3) is 0 Å². The molecule has 0 saturated carbocycles. The fourth-order valence-corrected chi connectivity index (χ4v) is 3.92. The number of carbonyl (C=O) groups excluding carboxylic acids is 2. The first-order chi connectivity index (χ1) is 13.3. The minimum absolute atomic E-state index is 0.0351. The van der Waals surface area contributed by atoms with E-state index in [-0.39, 0.29) is 34.8 Å². The Morgan fingerprint density at radius 2 is 1.57 bits per heavy atom. The van der Waals surface area contributed by atoms with E-state index >= 15 is 0 Å². The number of carbonyl (C=O) groups is 2. The first-order valence-electron chi connectivity index (χ1n) is 8.24. The molecule has 1 amide bonds. The van der Waals surface area contributed by atoms with Gasteiger partial charge in [0, 0.05) is 24.3 Å². The number of hydrogen-bond acceptors (Lipinski definition) is 7. The molecule has 150 valence electrons. The van der Waals surface area contributed by atoms with Gasteiger partial charge in [-0.05, 0) is 35.9 Å². The summed E-state index contributed by atoms with van der Waals surface area (Å²) in [6, 6.07) is 10.7. The fourth-order valence-electron chi connectivity index (χ4n) is 2.45. The number of sulfonamides is 1. The molecule has 0 aromatic heterocycles. The molecule has 2 aromatic carbocycles. The molecule has 0 radical (unpaired) electrons. The number of nitrogens with zero attached hydrogens (tertiary/aromatic N) is 1. The lowest BCUT2D eigenvalue weighted by Gasteiger charge is -2.20. The monoisotopic (exact) mass is 407 g/mol. The zero-order valence-corrected chi connectivity index (χ0v) is 15.6. The zero-order valence-electron chi connectivity index (χ0n) is 14.7. The molecule has 0 fully saturated rings. The van der Waals surface area contributed by atoms with Crippen molar-refractivity contribution in [2.75, 3.05) is 31.6 Å². The molecule has 0 heterocycles. The van der Waals surface area contributed by atoms with E-state index in [1.807, 2.05) is 0 Å². The Bertz CT molecular complexity index is 954. The van der Waals surface area contributed by atoms with E-state index in [9.17, 15) is 23.1 Å². The van der Waals surface area contributed by atoms with Crippen molar-refractivity contribution < 1.29 is 33.3 Å². The second-order valence-electron chi connectivity index (χ2n) is 5.70. The van der Waals surface area contributed by atoms with Crippen molar-refractivity contribution in [1.82, 2.24) is 4.31 Å². The molecule has 0 saturated heterocycles. The van der Waals surface area contributed by atoms with Gasteiger partial charge >= 0.3 is 0 Å². The molecule has 0 bridgehead atoms. The van der Waals surface area contributed by atoms with Gasteiger partial charge in [-0.15, -0.1) is 0 Å². The smallest absolute Gasteiger partial charge is 0.255 e. The zero-order chi connectivity index (χ0) is 20.7. The van der Waals surface area contributed by atoms with Crippen molar-refractivity contribution in [3.8, 4) is 0 Å². The van der Waals surface area contributed by atoms with E-state index < -0.39 is 35.1 Å². The maximum Gasteiger partial charge on any atom is 0.255 e. The normalized spacial score (nSPS) is 11.4. The van der Waals surface area contributed by atoms with E-state index in [2.05, 4.69) is 5.32 Å². The number of benzene rings is 2. The Hall–Kier alpha value is -2.79. The maximum atomic E-state index is 12.7. The van der Waals surface area contributed by atoms with Gasteiger partial charge in [0.25, 0.3) is 5.91 Å². The minimum Gasteiger partial charge on any atom is -0.545 e. The van der Waals surface area contributed by atoms with Crippen molar-refractivity contribution in [3.63, 3.8) is 0 Å². The summed E-state index contributed by atoms with van der Waals surface area (Å²) in [5.41, 5.74) is 0.132. The number of nitrogens with one attached hydrogen (secondary N) is 1. The van der Waals surface area contributed by atoms with Gasteiger partial charge < -0.3 is 25.4 Å². The number of aliphatic hydroxyl groups excluding tert-OH is 2. The van der Waals surface area contributed by atoms with Crippen LogP contribution in [0.4, 0.5) is 5.69 Å². The van der Waals surface area contributed by atoms with Crippen LogP contribution in [0.2, 0.25) is 0 Å². The molecule has 3 N–H and O–H groups in total. The molecular weight excluding hydrogens is 388 g/mol. The van der Waals surface area contributed by atoms with Crippen LogP contribution < -0.4 is 10.4 Å². The third-order valence-electron chi connectivity index (χ3n) is 3.79. The highest BCUT2D eigenvalue weighted by molar-refractivity contribution is 7.89. The molecule has 0 atom stereocenters. The summed E-state index contributed by atoms with van der Waals surface area (Å²) in [4.78, 5) is 23.2. The highest BCUT2D eigenvalue weighted by Crippen LogP contribution is 2.18. The molecule has 2 aromatic rings. The van der Waals surface area contributed by atoms with Crippen molar-refractivity contribution in [3.05, 3.63) is 59.7 Å². The van der Waals surface area contributed by atoms with Crippen LogP contribution in [0.5, 0.6) is 0 Å². The second kappa shape index (κ2) is 9.42. The highest BCUT2D eigenvalue weighted by atomic mass is 32.2. The summed E-state index contributed by atoms with van der Waals surface area (Å²) in [5, 5.41) is 31.5. The molecule has 10 heteroatoms. The topological polar surface area (TPSA) is 147 Å². The number of amides is 1. The van der Waals surface area contributed by atoms with Gasteiger partial charge in [-0.25, -0.2) is 8.42 Å². The van der Waals surface area contributed by atoms with Crippen LogP contribution in [-0.2, 0) is 10.0 Å². The quantitative estimate of drug-likeness (QED) is 0.497. The molecular formula is C18H19N2O7S-. The van der Waals surface area contributed by atoms with E-state index in [0.717, 1.165) is 10.4 Å².